The molecule has 0 spiro atoms. The molecule has 0 heterocycles. The van der Waals surface area contributed by atoms with Crippen LogP contribution in [-0.4, -0.2) is 5.91 Å². The Bertz CT molecular complexity index is 599. The van der Waals surface area contributed by atoms with Gasteiger partial charge in [-0.05, 0) is 35.9 Å². The van der Waals surface area contributed by atoms with Gasteiger partial charge in [0.2, 0.25) is 0 Å². The Balaban J connectivity index is 2.03. The molecule has 0 saturated heterocycles. The third-order valence-corrected chi connectivity index (χ3v) is 2.88. The molecule has 0 aromatic heterocycles. The van der Waals surface area contributed by atoms with Crippen LogP contribution in [0.15, 0.2) is 42.5 Å². The van der Waals surface area contributed by atoms with Gasteiger partial charge in [-0.25, -0.2) is 4.39 Å². The molecular formula is C14H12ClFN2O. The number of nitrogens with two attached hydrogens (primary N) is 1. The molecule has 2 aromatic carbocycles. The van der Waals surface area contributed by atoms with Crippen molar-refractivity contribution in [3.05, 3.63) is 64.4 Å². The van der Waals surface area contributed by atoms with Gasteiger partial charge in [-0.1, -0.05) is 23.7 Å². The van der Waals surface area contributed by atoms with Crippen molar-refractivity contribution in [3.8, 4) is 0 Å². The van der Waals surface area contributed by atoms with Crippen LogP contribution in [0.4, 0.5) is 10.1 Å². The van der Waals surface area contributed by atoms with Crippen LogP contribution in [0, 0.1) is 5.82 Å². The van der Waals surface area contributed by atoms with Gasteiger partial charge in [0.25, 0.3) is 5.91 Å². The van der Waals surface area contributed by atoms with Crippen LogP contribution in [0.25, 0.3) is 0 Å². The van der Waals surface area contributed by atoms with Crippen LogP contribution in [0.3, 0.4) is 0 Å². The Morgan fingerprint density at radius 3 is 2.53 bits per heavy atom. The number of rotatable bonds is 3. The molecule has 0 radical (unpaired) electrons. The van der Waals surface area contributed by atoms with Gasteiger partial charge < -0.3 is 11.1 Å². The zero-order valence-electron chi connectivity index (χ0n) is 9.99. The van der Waals surface area contributed by atoms with Crippen molar-refractivity contribution in [2.24, 2.45) is 0 Å². The highest BCUT2D eigenvalue weighted by atomic mass is 35.5. The van der Waals surface area contributed by atoms with E-state index in [-0.39, 0.29) is 17.2 Å². The van der Waals surface area contributed by atoms with Crippen molar-refractivity contribution in [1.82, 2.24) is 5.32 Å². The minimum absolute atomic E-state index is 0.119. The molecule has 2 rings (SSSR count). The third-order valence-electron chi connectivity index (χ3n) is 2.62. The zero-order valence-corrected chi connectivity index (χ0v) is 10.7. The minimum atomic E-state index is -0.466. The summed E-state index contributed by atoms with van der Waals surface area (Å²) in [7, 11) is 0. The molecule has 0 aliphatic carbocycles. The molecule has 0 fully saturated rings. The number of halogens is 2. The predicted octanol–water partition coefficient (Wildman–Crippen LogP) is 2.99. The summed E-state index contributed by atoms with van der Waals surface area (Å²) in [5.74, 6) is -0.806. The average Bonchev–Trinajstić information content (AvgIpc) is 2.37. The van der Waals surface area contributed by atoms with E-state index in [1.165, 1.54) is 12.1 Å². The van der Waals surface area contributed by atoms with Gasteiger partial charge in [-0.2, -0.15) is 0 Å². The molecule has 3 nitrogen and oxygen atoms in total. The summed E-state index contributed by atoms with van der Waals surface area (Å²) in [5, 5.41) is 3.35. The highest BCUT2D eigenvalue weighted by molar-refractivity contribution is 6.30. The number of carbonyl (C=O) groups is 1. The van der Waals surface area contributed by atoms with Crippen molar-refractivity contribution >= 4 is 23.2 Å². The molecule has 0 aliphatic heterocycles. The summed E-state index contributed by atoms with van der Waals surface area (Å²) in [4.78, 5) is 11.9. The van der Waals surface area contributed by atoms with Crippen molar-refractivity contribution in [1.29, 1.82) is 0 Å². The lowest BCUT2D eigenvalue weighted by Crippen LogP contribution is -2.23. The Labute approximate surface area is 115 Å². The molecule has 0 bridgehead atoms. The van der Waals surface area contributed by atoms with E-state index in [1.54, 1.807) is 12.1 Å². The summed E-state index contributed by atoms with van der Waals surface area (Å²) < 4.78 is 12.9. The molecule has 0 atom stereocenters. The predicted molar refractivity (Wildman–Crippen MR) is 73.4 cm³/mol. The summed E-state index contributed by atoms with van der Waals surface area (Å²) >= 11 is 5.77. The molecule has 98 valence electrons. The molecule has 0 aliphatic rings. The quantitative estimate of drug-likeness (QED) is 0.848. The first kappa shape index (κ1) is 13.4. The van der Waals surface area contributed by atoms with E-state index >= 15 is 0 Å². The molecule has 19 heavy (non-hydrogen) atoms. The van der Waals surface area contributed by atoms with E-state index in [4.69, 9.17) is 17.3 Å². The lowest BCUT2D eigenvalue weighted by molar-refractivity contribution is 0.0952. The fraction of sp³-hybridized carbons (Fsp3) is 0.0714. The minimum Gasteiger partial charge on any atom is -0.398 e. The van der Waals surface area contributed by atoms with E-state index in [0.29, 0.717) is 11.6 Å². The van der Waals surface area contributed by atoms with Gasteiger partial charge in [-0.3, -0.25) is 4.79 Å². The normalized spacial score (nSPS) is 10.2. The van der Waals surface area contributed by atoms with E-state index in [2.05, 4.69) is 5.32 Å². The van der Waals surface area contributed by atoms with Gasteiger partial charge >= 0.3 is 0 Å². The maximum atomic E-state index is 12.9. The monoisotopic (exact) mass is 278 g/mol. The number of hydrogen-bond acceptors (Lipinski definition) is 2. The van der Waals surface area contributed by atoms with E-state index in [1.807, 2.05) is 12.1 Å². The van der Waals surface area contributed by atoms with Gasteiger partial charge in [0.15, 0.2) is 0 Å². The number of amides is 1. The Hall–Kier alpha value is -2.07. The molecule has 1 amide bonds. The zero-order chi connectivity index (χ0) is 13.8. The maximum Gasteiger partial charge on any atom is 0.253 e. The molecule has 5 heteroatoms. The third kappa shape index (κ3) is 3.45. The number of nitrogens with one attached hydrogen (secondary N) is 1. The summed E-state index contributed by atoms with van der Waals surface area (Å²) in [6.45, 7) is 0.354. The Kier molecular flexibility index (Phi) is 4.02. The first-order chi connectivity index (χ1) is 9.06. The van der Waals surface area contributed by atoms with Crippen molar-refractivity contribution in [2.75, 3.05) is 5.73 Å². The highest BCUT2D eigenvalue weighted by Crippen LogP contribution is 2.14. The van der Waals surface area contributed by atoms with Crippen molar-refractivity contribution < 1.29 is 9.18 Å². The molecule has 3 N–H and O–H groups in total. The molecule has 0 saturated carbocycles. The van der Waals surface area contributed by atoms with Crippen LogP contribution < -0.4 is 11.1 Å². The fourth-order valence-electron chi connectivity index (χ4n) is 1.62. The number of hydrogen-bond donors (Lipinski definition) is 2. The van der Waals surface area contributed by atoms with Gasteiger partial charge in [-0.15, -0.1) is 0 Å². The van der Waals surface area contributed by atoms with Crippen molar-refractivity contribution in [2.45, 2.75) is 6.54 Å². The largest absolute Gasteiger partial charge is 0.398 e. The van der Waals surface area contributed by atoms with Crippen LogP contribution in [0.1, 0.15) is 15.9 Å². The lowest BCUT2D eigenvalue weighted by Gasteiger charge is -2.07. The topological polar surface area (TPSA) is 55.1 Å². The maximum absolute atomic E-state index is 12.9. The van der Waals surface area contributed by atoms with Gasteiger partial charge in [0.1, 0.15) is 5.82 Å². The second-order valence-electron chi connectivity index (χ2n) is 4.04. The molecule has 2 aromatic rings. The second kappa shape index (κ2) is 5.71. The lowest BCUT2D eigenvalue weighted by atomic mass is 10.1. The first-order valence-electron chi connectivity index (χ1n) is 5.64. The SMILES string of the molecule is Nc1cc(F)ccc1C(=O)NCc1ccc(Cl)cc1. The van der Waals surface area contributed by atoms with Gasteiger partial charge in [0, 0.05) is 17.3 Å². The highest BCUT2D eigenvalue weighted by Gasteiger charge is 2.09. The molecule has 0 unspecified atom stereocenters. The van der Waals surface area contributed by atoms with E-state index in [0.717, 1.165) is 11.6 Å². The van der Waals surface area contributed by atoms with E-state index < -0.39 is 5.82 Å². The van der Waals surface area contributed by atoms with Crippen LogP contribution in [0.2, 0.25) is 5.02 Å². The van der Waals surface area contributed by atoms with Crippen LogP contribution in [-0.2, 0) is 6.54 Å². The van der Waals surface area contributed by atoms with Gasteiger partial charge in [0.05, 0.1) is 5.56 Å². The number of benzene rings is 2. The first-order valence-corrected chi connectivity index (χ1v) is 6.02. The van der Waals surface area contributed by atoms with Crippen molar-refractivity contribution in [3.63, 3.8) is 0 Å². The number of carbonyl (C=O) groups excluding carboxylic acids is 1. The van der Waals surface area contributed by atoms with E-state index in [9.17, 15) is 9.18 Å². The Morgan fingerprint density at radius 2 is 1.89 bits per heavy atom. The Morgan fingerprint density at radius 1 is 1.21 bits per heavy atom. The summed E-state index contributed by atoms with van der Waals surface area (Å²) in [6.07, 6.45) is 0. The smallest absolute Gasteiger partial charge is 0.253 e. The number of anilines is 1. The number of nitrogen functional groups attached to an aromatic ring is 1. The summed E-state index contributed by atoms with van der Waals surface area (Å²) in [5.41, 5.74) is 6.89. The fourth-order valence-corrected chi connectivity index (χ4v) is 1.75. The van der Waals surface area contributed by atoms with Crippen LogP contribution in [0.5, 0.6) is 0 Å². The van der Waals surface area contributed by atoms with Crippen LogP contribution >= 0.6 is 11.6 Å². The molecular weight excluding hydrogens is 267 g/mol. The standard InChI is InChI=1S/C14H12ClFN2O/c15-10-3-1-9(2-4-10)8-18-14(19)12-6-5-11(16)7-13(12)17/h1-7H,8,17H2,(H,18,19). The summed E-state index contributed by atoms with van der Waals surface area (Å²) in [6, 6.07) is 10.8. The second-order valence-corrected chi connectivity index (χ2v) is 4.48. The average molecular weight is 279 g/mol.